The molecule has 0 saturated heterocycles. The Labute approximate surface area is 128 Å². The van der Waals surface area contributed by atoms with Crippen molar-refractivity contribution in [3.8, 4) is 0 Å². The highest BCUT2D eigenvalue weighted by Gasteiger charge is 2.18. The number of carbonyl (C=O) groups excluding carboxylic acids is 1. The summed E-state index contributed by atoms with van der Waals surface area (Å²) in [6, 6.07) is 13.3. The Morgan fingerprint density at radius 2 is 2.10 bits per heavy atom. The van der Waals surface area contributed by atoms with Crippen LogP contribution in [-0.2, 0) is 15.3 Å². The second-order valence-corrected chi connectivity index (χ2v) is 5.55. The van der Waals surface area contributed by atoms with Gasteiger partial charge in [-0.05, 0) is 17.7 Å². The molecular formula is C16H19NO3S. The molecule has 0 aliphatic rings. The fourth-order valence-electron chi connectivity index (χ4n) is 1.93. The van der Waals surface area contributed by atoms with Crippen LogP contribution in [0.15, 0.2) is 53.1 Å². The normalized spacial score (nSPS) is 12.0. The first-order valence-corrected chi connectivity index (χ1v) is 7.92. The fraction of sp³-hybridized carbons (Fsp3) is 0.312. The predicted octanol–water partition coefficient (Wildman–Crippen LogP) is 3.02. The van der Waals surface area contributed by atoms with Gasteiger partial charge in [-0.15, -0.1) is 0 Å². The van der Waals surface area contributed by atoms with Crippen LogP contribution >= 0.6 is 11.8 Å². The van der Waals surface area contributed by atoms with E-state index >= 15 is 0 Å². The van der Waals surface area contributed by atoms with Crippen LogP contribution in [0.1, 0.15) is 17.4 Å². The van der Waals surface area contributed by atoms with E-state index in [4.69, 9.17) is 9.15 Å². The summed E-state index contributed by atoms with van der Waals surface area (Å²) in [5, 5.41) is 2.90. The first kappa shape index (κ1) is 15.7. The summed E-state index contributed by atoms with van der Waals surface area (Å²) in [6.07, 6.45) is 1.11. The molecule has 112 valence electrons. The van der Waals surface area contributed by atoms with E-state index in [1.807, 2.05) is 42.5 Å². The zero-order chi connectivity index (χ0) is 14.9. The van der Waals surface area contributed by atoms with Gasteiger partial charge in [-0.1, -0.05) is 30.3 Å². The van der Waals surface area contributed by atoms with Gasteiger partial charge in [-0.3, -0.25) is 4.79 Å². The van der Waals surface area contributed by atoms with Gasteiger partial charge in [0.05, 0.1) is 12.0 Å². The highest BCUT2D eigenvalue weighted by Crippen LogP contribution is 2.16. The lowest BCUT2D eigenvalue weighted by Gasteiger charge is -2.15. The number of nitrogens with one attached hydrogen (secondary N) is 1. The molecule has 0 unspecified atom stereocenters. The zero-order valence-electron chi connectivity index (χ0n) is 12.0. The van der Waals surface area contributed by atoms with Crippen molar-refractivity contribution in [2.75, 3.05) is 19.4 Å². The van der Waals surface area contributed by atoms with Gasteiger partial charge in [0.25, 0.3) is 5.91 Å². The van der Waals surface area contributed by atoms with Gasteiger partial charge in [0.2, 0.25) is 0 Å². The largest absolute Gasteiger partial charge is 0.468 e. The molecule has 0 saturated carbocycles. The minimum absolute atomic E-state index is 0.109. The summed E-state index contributed by atoms with van der Waals surface area (Å²) >= 11 is 1.72. The maximum atomic E-state index is 12.1. The van der Waals surface area contributed by atoms with Crippen molar-refractivity contribution >= 4 is 17.7 Å². The van der Waals surface area contributed by atoms with Crippen molar-refractivity contribution < 1.29 is 13.9 Å². The van der Waals surface area contributed by atoms with Crippen LogP contribution in [0.2, 0.25) is 0 Å². The molecule has 2 aromatic rings. The molecule has 1 aromatic heterocycles. The van der Waals surface area contributed by atoms with Gasteiger partial charge in [0.15, 0.2) is 6.10 Å². The Morgan fingerprint density at radius 1 is 1.29 bits per heavy atom. The number of ether oxygens (including phenoxy) is 1. The molecule has 1 amide bonds. The molecule has 0 aliphatic carbocycles. The smallest absolute Gasteiger partial charge is 0.253 e. The number of thioether (sulfide) groups is 1. The van der Waals surface area contributed by atoms with E-state index in [1.165, 1.54) is 0 Å². The molecule has 0 radical (unpaired) electrons. The molecule has 1 heterocycles. The summed E-state index contributed by atoms with van der Waals surface area (Å²) in [4.78, 5) is 12.1. The van der Waals surface area contributed by atoms with E-state index in [1.54, 1.807) is 25.1 Å². The molecule has 0 aliphatic heterocycles. The van der Waals surface area contributed by atoms with Crippen LogP contribution in [0.3, 0.4) is 0 Å². The summed E-state index contributed by atoms with van der Waals surface area (Å²) in [7, 11) is 1.54. The van der Waals surface area contributed by atoms with Crippen molar-refractivity contribution in [2.24, 2.45) is 0 Å². The van der Waals surface area contributed by atoms with Gasteiger partial charge in [0, 0.05) is 19.4 Å². The lowest BCUT2D eigenvalue weighted by atomic mass is 10.1. The van der Waals surface area contributed by atoms with Crippen LogP contribution in [0, 0.1) is 0 Å². The van der Waals surface area contributed by atoms with Gasteiger partial charge >= 0.3 is 0 Å². The van der Waals surface area contributed by atoms with Gasteiger partial charge in [-0.25, -0.2) is 0 Å². The van der Waals surface area contributed by atoms with Crippen LogP contribution < -0.4 is 5.32 Å². The maximum Gasteiger partial charge on any atom is 0.253 e. The Hall–Kier alpha value is -1.72. The maximum absolute atomic E-state index is 12.1. The topological polar surface area (TPSA) is 51.5 Å². The molecule has 0 spiro atoms. The van der Waals surface area contributed by atoms with E-state index < -0.39 is 6.10 Å². The van der Waals surface area contributed by atoms with Crippen molar-refractivity contribution in [1.29, 1.82) is 0 Å². The third kappa shape index (κ3) is 4.95. The highest BCUT2D eigenvalue weighted by molar-refractivity contribution is 7.98. The van der Waals surface area contributed by atoms with Gasteiger partial charge in [-0.2, -0.15) is 11.8 Å². The monoisotopic (exact) mass is 305 g/mol. The first-order chi connectivity index (χ1) is 10.3. The second-order valence-electron chi connectivity index (χ2n) is 4.45. The van der Waals surface area contributed by atoms with E-state index in [0.29, 0.717) is 6.54 Å². The molecular weight excluding hydrogens is 286 g/mol. The van der Waals surface area contributed by atoms with E-state index in [-0.39, 0.29) is 5.91 Å². The molecule has 1 atom stereocenters. The Kier molecular flexibility index (Phi) is 6.37. The van der Waals surface area contributed by atoms with E-state index in [9.17, 15) is 4.79 Å². The van der Waals surface area contributed by atoms with Gasteiger partial charge < -0.3 is 14.5 Å². The molecule has 1 aromatic carbocycles. The number of hydrogen-bond donors (Lipinski definition) is 1. The molecule has 0 bridgehead atoms. The average Bonchev–Trinajstić information content (AvgIpc) is 3.02. The minimum Gasteiger partial charge on any atom is -0.468 e. The van der Waals surface area contributed by atoms with Gasteiger partial charge in [0.1, 0.15) is 5.76 Å². The second kappa shape index (κ2) is 8.54. The van der Waals surface area contributed by atoms with Crippen molar-refractivity contribution in [3.05, 3.63) is 60.1 Å². The third-order valence-electron chi connectivity index (χ3n) is 2.95. The van der Waals surface area contributed by atoms with Crippen LogP contribution in [0.5, 0.6) is 0 Å². The number of hydrogen-bond acceptors (Lipinski definition) is 4. The SMILES string of the molecule is CO[C@@H](C(=O)NCCSCc1ccco1)c1ccccc1. The van der Waals surface area contributed by atoms with Crippen molar-refractivity contribution in [2.45, 2.75) is 11.9 Å². The highest BCUT2D eigenvalue weighted by atomic mass is 32.2. The summed E-state index contributed by atoms with van der Waals surface area (Å²) in [5.41, 5.74) is 0.862. The lowest BCUT2D eigenvalue weighted by molar-refractivity contribution is -0.131. The number of methoxy groups -OCH3 is 1. The molecule has 5 heteroatoms. The molecule has 1 N–H and O–H groups in total. The minimum atomic E-state index is -0.554. The Balaban J connectivity index is 1.70. The molecule has 0 fully saturated rings. The zero-order valence-corrected chi connectivity index (χ0v) is 12.8. The lowest BCUT2D eigenvalue weighted by Crippen LogP contribution is -2.32. The third-order valence-corrected chi connectivity index (χ3v) is 3.93. The molecule has 4 nitrogen and oxygen atoms in total. The van der Waals surface area contributed by atoms with Crippen LogP contribution in [-0.4, -0.2) is 25.3 Å². The fourth-order valence-corrected chi connectivity index (χ4v) is 2.69. The Morgan fingerprint density at radius 3 is 2.76 bits per heavy atom. The van der Waals surface area contributed by atoms with E-state index in [0.717, 1.165) is 22.8 Å². The summed E-state index contributed by atoms with van der Waals surface area (Å²) in [6.45, 7) is 0.608. The quantitative estimate of drug-likeness (QED) is 0.762. The van der Waals surface area contributed by atoms with Crippen LogP contribution in [0.25, 0.3) is 0 Å². The number of amides is 1. The molecule has 21 heavy (non-hydrogen) atoms. The number of carbonyl (C=O) groups is 1. The first-order valence-electron chi connectivity index (χ1n) is 6.77. The number of furan rings is 1. The summed E-state index contributed by atoms with van der Waals surface area (Å²) < 4.78 is 10.5. The number of benzene rings is 1. The van der Waals surface area contributed by atoms with Crippen LogP contribution in [0.4, 0.5) is 0 Å². The Bertz CT molecular complexity index is 528. The molecule has 2 rings (SSSR count). The standard InChI is InChI=1S/C16H19NO3S/c1-19-15(13-6-3-2-4-7-13)16(18)17-9-11-21-12-14-8-5-10-20-14/h2-8,10,15H,9,11-12H2,1H3,(H,17,18)/t15-/m1/s1. The predicted molar refractivity (Wildman–Crippen MR) is 84.1 cm³/mol. The number of rotatable bonds is 8. The van der Waals surface area contributed by atoms with Crippen molar-refractivity contribution in [1.82, 2.24) is 5.32 Å². The van der Waals surface area contributed by atoms with E-state index in [2.05, 4.69) is 5.32 Å². The van der Waals surface area contributed by atoms with Crippen molar-refractivity contribution in [3.63, 3.8) is 0 Å². The summed E-state index contributed by atoms with van der Waals surface area (Å²) in [5.74, 6) is 2.49. The average molecular weight is 305 g/mol.